The summed E-state index contributed by atoms with van der Waals surface area (Å²) in [5, 5.41) is 9.39. The third kappa shape index (κ3) is 1.38. The Balaban J connectivity index is 2.65. The van der Waals surface area contributed by atoms with Crippen LogP contribution in [0.15, 0.2) is 18.3 Å². The molecule has 0 spiro atoms. The smallest absolute Gasteiger partial charge is 0.337 e. The number of hydrogen-bond acceptors (Lipinski definition) is 4. The van der Waals surface area contributed by atoms with Gasteiger partial charge < -0.3 is 5.11 Å². The fourth-order valence-corrected chi connectivity index (χ4v) is 1.93. The molecule has 2 heterocycles. The lowest BCUT2D eigenvalue weighted by molar-refractivity contribution is 0.0696. The fourth-order valence-electron chi connectivity index (χ4n) is 1.13. The highest BCUT2D eigenvalue weighted by Crippen LogP contribution is 2.22. The summed E-state index contributed by atoms with van der Waals surface area (Å²) in [5.41, 5.74) is 0.132. The van der Waals surface area contributed by atoms with Gasteiger partial charge in [0.05, 0.1) is 10.4 Å². The van der Waals surface area contributed by atoms with Crippen molar-refractivity contribution in [2.45, 2.75) is 0 Å². The van der Waals surface area contributed by atoms with Gasteiger partial charge >= 0.3 is 5.97 Å². The van der Waals surface area contributed by atoms with Crippen LogP contribution in [0.2, 0.25) is 0 Å². The summed E-state index contributed by atoms with van der Waals surface area (Å²) >= 11 is 1.25. The lowest BCUT2D eigenvalue weighted by Crippen LogP contribution is -1.95. The molecule has 0 aromatic carbocycles. The molecule has 0 saturated carbocycles. The molecule has 2 aromatic heterocycles. The maximum atomic E-state index is 10.6. The summed E-state index contributed by atoms with van der Waals surface area (Å²) in [6.07, 6.45) is 2.02. The molecule has 2 rings (SSSR count). The number of nitrogens with zero attached hydrogens (tertiary/aromatic N) is 1. The van der Waals surface area contributed by atoms with Crippen molar-refractivity contribution in [1.82, 2.24) is 4.98 Å². The number of carboxylic acids is 1. The highest BCUT2D eigenvalue weighted by atomic mass is 32.1. The largest absolute Gasteiger partial charge is 0.478 e. The van der Waals surface area contributed by atoms with Gasteiger partial charge in [-0.05, 0) is 12.1 Å². The molecule has 0 fully saturated rings. The van der Waals surface area contributed by atoms with E-state index in [9.17, 15) is 9.59 Å². The molecule has 0 bridgehead atoms. The lowest BCUT2D eigenvalue weighted by Gasteiger charge is -1.92. The van der Waals surface area contributed by atoms with Gasteiger partial charge in [-0.15, -0.1) is 11.3 Å². The first-order chi connectivity index (χ1) is 6.70. The van der Waals surface area contributed by atoms with Crippen molar-refractivity contribution in [3.63, 3.8) is 0 Å². The van der Waals surface area contributed by atoms with E-state index in [1.807, 2.05) is 0 Å². The predicted octanol–water partition coefficient (Wildman–Crippen LogP) is 1.81. The monoisotopic (exact) mass is 207 g/mol. The van der Waals surface area contributed by atoms with Crippen molar-refractivity contribution in [2.75, 3.05) is 0 Å². The minimum absolute atomic E-state index is 0.132. The van der Waals surface area contributed by atoms with Crippen LogP contribution in [0.4, 0.5) is 0 Å². The van der Waals surface area contributed by atoms with Crippen LogP contribution in [0.3, 0.4) is 0 Å². The first-order valence-electron chi connectivity index (χ1n) is 3.79. The number of carboxylic acid groups (broad SMARTS) is 1. The van der Waals surface area contributed by atoms with E-state index in [1.165, 1.54) is 23.6 Å². The van der Waals surface area contributed by atoms with Gasteiger partial charge in [-0.25, -0.2) is 9.78 Å². The van der Waals surface area contributed by atoms with E-state index in [4.69, 9.17) is 5.11 Å². The van der Waals surface area contributed by atoms with Crippen LogP contribution >= 0.6 is 11.3 Å². The average molecular weight is 207 g/mol. The van der Waals surface area contributed by atoms with Crippen LogP contribution < -0.4 is 0 Å². The molecule has 0 saturated heterocycles. The minimum Gasteiger partial charge on any atom is -0.478 e. The third-order valence-corrected chi connectivity index (χ3v) is 2.74. The molecule has 0 atom stereocenters. The molecule has 70 valence electrons. The van der Waals surface area contributed by atoms with Crippen molar-refractivity contribution in [1.29, 1.82) is 0 Å². The van der Waals surface area contributed by atoms with Crippen LogP contribution in [0.1, 0.15) is 20.0 Å². The molecule has 1 N–H and O–H groups in total. The molecule has 0 aliphatic rings. The van der Waals surface area contributed by atoms with E-state index in [1.54, 1.807) is 6.07 Å². The third-order valence-electron chi connectivity index (χ3n) is 1.75. The van der Waals surface area contributed by atoms with Crippen LogP contribution in [0.5, 0.6) is 0 Å². The van der Waals surface area contributed by atoms with Crippen molar-refractivity contribution in [3.8, 4) is 0 Å². The van der Waals surface area contributed by atoms with Gasteiger partial charge in [0, 0.05) is 11.6 Å². The predicted molar refractivity (Wildman–Crippen MR) is 52.0 cm³/mol. The normalized spacial score (nSPS) is 10.3. The number of thiophene rings is 1. The highest BCUT2D eigenvalue weighted by Gasteiger charge is 2.07. The molecule has 0 aliphatic carbocycles. The zero-order valence-electron chi connectivity index (χ0n) is 6.93. The van der Waals surface area contributed by atoms with E-state index in [2.05, 4.69) is 4.98 Å². The minimum atomic E-state index is -1.02. The van der Waals surface area contributed by atoms with Crippen LogP contribution in [0, 0.1) is 0 Å². The number of rotatable bonds is 2. The van der Waals surface area contributed by atoms with E-state index < -0.39 is 5.97 Å². The number of fused-ring (bicyclic) bond motifs is 1. The number of hydrogen-bond donors (Lipinski definition) is 1. The van der Waals surface area contributed by atoms with Gasteiger partial charge in [-0.1, -0.05) is 0 Å². The van der Waals surface area contributed by atoms with Crippen molar-refractivity contribution in [3.05, 3.63) is 28.8 Å². The molecule has 14 heavy (non-hydrogen) atoms. The van der Waals surface area contributed by atoms with Crippen LogP contribution in [-0.2, 0) is 0 Å². The molecular weight excluding hydrogens is 202 g/mol. The number of aromatic carboxylic acids is 1. The fraction of sp³-hybridized carbons (Fsp3) is 0. The Labute approximate surface area is 82.8 Å². The zero-order chi connectivity index (χ0) is 10.1. The second kappa shape index (κ2) is 3.19. The summed E-state index contributed by atoms with van der Waals surface area (Å²) < 4.78 is 0. The van der Waals surface area contributed by atoms with Crippen molar-refractivity contribution in [2.24, 2.45) is 0 Å². The first-order valence-corrected chi connectivity index (χ1v) is 4.60. The molecule has 4 nitrogen and oxygen atoms in total. The van der Waals surface area contributed by atoms with Crippen LogP contribution in [0.25, 0.3) is 10.2 Å². The van der Waals surface area contributed by atoms with Gasteiger partial charge in [-0.3, -0.25) is 4.79 Å². The molecule has 0 aliphatic heterocycles. The number of aromatic nitrogens is 1. The van der Waals surface area contributed by atoms with E-state index in [0.717, 1.165) is 6.29 Å². The Morgan fingerprint density at radius 3 is 2.93 bits per heavy atom. The molecule has 5 heteroatoms. The second-order valence-electron chi connectivity index (χ2n) is 2.69. The van der Waals surface area contributed by atoms with E-state index in [0.29, 0.717) is 15.1 Å². The number of pyridine rings is 1. The average Bonchev–Trinajstić information content (AvgIpc) is 2.58. The standard InChI is InChI=1S/C9H5NO3S/c11-4-7-2-5-1-6(9(12)13)3-10-8(5)14-7/h1-4H,(H,12,13). The summed E-state index contributed by atoms with van der Waals surface area (Å²) in [6.45, 7) is 0. The molecule has 0 unspecified atom stereocenters. The second-order valence-corrected chi connectivity index (χ2v) is 3.75. The van der Waals surface area contributed by atoms with Gasteiger partial charge in [0.1, 0.15) is 4.83 Å². The Bertz CT molecular complexity index is 518. The summed E-state index contributed by atoms with van der Waals surface area (Å²) in [4.78, 5) is 26.3. The topological polar surface area (TPSA) is 67.3 Å². The highest BCUT2D eigenvalue weighted by molar-refractivity contribution is 7.20. The van der Waals surface area contributed by atoms with Crippen molar-refractivity contribution < 1.29 is 14.7 Å². The number of carbonyl (C=O) groups excluding carboxylic acids is 1. The first kappa shape index (κ1) is 8.83. The maximum absolute atomic E-state index is 10.6. The number of carbonyl (C=O) groups is 2. The summed E-state index contributed by atoms with van der Waals surface area (Å²) in [5.74, 6) is -1.02. The quantitative estimate of drug-likeness (QED) is 0.762. The van der Waals surface area contributed by atoms with Gasteiger partial charge in [0.15, 0.2) is 6.29 Å². The van der Waals surface area contributed by atoms with Crippen molar-refractivity contribution >= 4 is 33.8 Å². The van der Waals surface area contributed by atoms with Gasteiger partial charge in [0.25, 0.3) is 0 Å². The van der Waals surface area contributed by atoms with Gasteiger partial charge in [0.2, 0.25) is 0 Å². The Kier molecular flexibility index (Phi) is 2.01. The maximum Gasteiger partial charge on any atom is 0.337 e. The van der Waals surface area contributed by atoms with E-state index in [-0.39, 0.29) is 5.56 Å². The Morgan fingerprint density at radius 1 is 1.50 bits per heavy atom. The lowest BCUT2D eigenvalue weighted by atomic mass is 10.2. The molecular formula is C9H5NO3S. The molecule has 2 aromatic rings. The Morgan fingerprint density at radius 2 is 2.29 bits per heavy atom. The zero-order valence-corrected chi connectivity index (χ0v) is 7.75. The van der Waals surface area contributed by atoms with E-state index >= 15 is 0 Å². The number of aldehydes is 1. The molecule has 0 amide bonds. The SMILES string of the molecule is O=Cc1cc2cc(C(=O)O)cnc2s1. The van der Waals surface area contributed by atoms with Crippen LogP contribution in [-0.4, -0.2) is 22.3 Å². The summed E-state index contributed by atoms with van der Waals surface area (Å²) in [7, 11) is 0. The Hall–Kier alpha value is -1.75. The van der Waals surface area contributed by atoms with Gasteiger partial charge in [-0.2, -0.15) is 0 Å². The molecule has 0 radical (unpaired) electrons. The summed E-state index contributed by atoms with van der Waals surface area (Å²) in [6, 6.07) is 3.14.